The van der Waals surface area contributed by atoms with E-state index in [1.807, 2.05) is 13.2 Å². The van der Waals surface area contributed by atoms with E-state index in [1.54, 1.807) is 35.2 Å². The molecule has 0 bridgehead atoms. The van der Waals surface area contributed by atoms with Crippen LogP contribution < -0.4 is 9.44 Å². The van der Waals surface area contributed by atoms with Gasteiger partial charge in [0.15, 0.2) is 0 Å². The summed E-state index contributed by atoms with van der Waals surface area (Å²) in [6.45, 7) is 3.23. The minimum atomic E-state index is -4.02. The standard InChI is InChI=1S/C26H29N3O5S3/c1-19-6-8-20(9-7-19)27-36(31,32)22-12-10-21(11-13-22)28-37(33,34)23-14-15-25(35-2)24(18-23)26(30)29-16-4-3-5-17-29/h6-15,18,27-28H,3-5,16-17H2,1-2H3. The first kappa shape index (κ1) is 27.0. The van der Waals surface area contributed by atoms with Crippen LogP contribution in [0.2, 0.25) is 0 Å². The lowest BCUT2D eigenvalue weighted by atomic mass is 10.1. The Kier molecular flexibility index (Phi) is 8.15. The Bertz CT molecular complexity index is 1480. The fraction of sp³-hybridized carbons (Fsp3) is 0.269. The second kappa shape index (κ2) is 11.2. The number of amides is 1. The number of carbonyl (C=O) groups excluding carboxylic acids is 1. The Balaban J connectivity index is 1.53. The molecule has 1 amide bonds. The summed E-state index contributed by atoms with van der Waals surface area (Å²) in [5, 5.41) is 0. The van der Waals surface area contributed by atoms with Gasteiger partial charge in [-0.25, -0.2) is 16.8 Å². The van der Waals surface area contributed by atoms with E-state index in [9.17, 15) is 21.6 Å². The van der Waals surface area contributed by atoms with Gasteiger partial charge in [-0.3, -0.25) is 14.2 Å². The van der Waals surface area contributed by atoms with E-state index in [2.05, 4.69) is 9.44 Å². The topological polar surface area (TPSA) is 113 Å². The van der Waals surface area contributed by atoms with Crippen LogP contribution in [0.5, 0.6) is 0 Å². The van der Waals surface area contributed by atoms with Crippen LogP contribution in [0.3, 0.4) is 0 Å². The average Bonchev–Trinajstić information content (AvgIpc) is 2.89. The normalized spacial score (nSPS) is 14.3. The van der Waals surface area contributed by atoms with Gasteiger partial charge in [0.25, 0.3) is 26.0 Å². The van der Waals surface area contributed by atoms with Gasteiger partial charge < -0.3 is 4.90 Å². The van der Waals surface area contributed by atoms with E-state index >= 15 is 0 Å². The number of aryl methyl sites for hydroxylation is 1. The fourth-order valence-electron chi connectivity index (χ4n) is 4.04. The molecular weight excluding hydrogens is 531 g/mol. The minimum Gasteiger partial charge on any atom is -0.339 e. The van der Waals surface area contributed by atoms with Crippen molar-refractivity contribution in [3.05, 3.63) is 77.9 Å². The number of rotatable bonds is 8. The van der Waals surface area contributed by atoms with Crippen molar-refractivity contribution in [1.82, 2.24) is 4.90 Å². The molecule has 2 N–H and O–H groups in total. The summed E-state index contributed by atoms with van der Waals surface area (Å²) < 4.78 is 56.7. The third-order valence-electron chi connectivity index (χ3n) is 6.08. The molecule has 1 fully saturated rings. The van der Waals surface area contributed by atoms with Crippen LogP contribution in [0.25, 0.3) is 0 Å². The quantitative estimate of drug-likeness (QED) is 0.378. The number of carbonyl (C=O) groups is 1. The molecule has 1 aliphatic heterocycles. The summed E-state index contributed by atoms with van der Waals surface area (Å²) in [5.41, 5.74) is 2.00. The number of sulfonamides is 2. The Labute approximate surface area is 222 Å². The first-order valence-corrected chi connectivity index (χ1v) is 16.0. The average molecular weight is 560 g/mol. The fourth-order valence-corrected chi connectivity index (χ4v) is 6.75. The second-order valence-electron chi connectivity index (χ2n) is 8.82. The monoisotopic (exact) mass is 559 g/mol. The van der Waals surface area contributed by atoms with Crippen molar-refractivity contribution in [1.29, 1.82) is 0 Å². The van der Waals surface area contributed by atoms with Gasteiger partial charge in [0.1, 0.15) is 0 Å². The van der Waals surface area contributed by atoms with Crippen molar-refractivity contribution in [3.8, 4) is 0 Å². The number of hydrogen-bond acceptors (Lipinski definition) is 6. The summed E-state index contributed by atoms with van der Waals surface area (Å²) in [7, 11) is -7.87. The lowest BCUT2D eigenvalue weighted by Crippen LogP contribution is -2.36. The van der Waals surface area contributed by atoms with Crippen molar-refractivity contribution >= 4 is 49.1 Å². The molecule has 0 unspecified atom stereocenters. The van der Waals surface area contributed by atoms with Gasteiger partial charge >= 0.3 is 0 Å². The number of anilines is 2. The smallest absolute Gasteiger partial charge is 0.261 e. The summed E-state index contributed by atoms with van der Waals surface area (Å²) in [5.74, 6) is -0.170. The van der Waals surface area contributed by atoms with Crippen LogP contribution in [-0.2, 0) is 20.0 Å². The van der Waals surface area contributed by atoms with Crippen LogP contribution in [0, 0.1) is 6.92 Å². The van der Waals surface area contributed by atoms with Crippen molar-refractivity contribution in [3.63, 3.8) is 0 Å². The van der Waals surface area contributed by atoms with Gasteiger partial charge in [-0.1, -0.05) is 17.7 Å². The maximum Gasteiger partial charge on any atom is 0.261 e. The molecule has 37 heavy (non-hydrogen) atoms. The van der Waals surface area contributed by atoms with Crippen molar-refractivity contribution in [2.75, 3.05) is 28.8 Å². The molecule has 3 aromatic carbocycles. The van der Waals surface area contributed by atoms with Crippen LogP contribution in [-0.4, -0.2) is 47.0 Å². The SMILES string of the molecule is CSc1ccc(S(=O)(=O)Nc2ccc(S(=O)(=O)Nc3ccc(C)cc3)cc2)cc1C(=O)N1CCCCC1. The molecule has 0 radical (unpaired) electrons. The van der Waals surface area contributed by atoms with Crippen molar-refractivity contribution in [2.45, 2.75) is 40.9 Å². The summed E-state index contributed by atoms with van der Waals surface area (Å²) in [4.78, 5) is 15.6. The van der Waals surface area contributed by atoms with Crippen molar-refractivity contribution in [2.24, 2.45) is 0 Å². The number of piperidine rings is 1. The molecule has 8 nitrogen and oxygen atoms in total. The Morgan fingerprint density at radius 2 is 1.27 bits per heavy atom. The van der Waals surface area contributed by atoms with Gasteiger partial charge in [0, 0.05) is 29.4 Å². The maximum absolute atomic E-state index is 13.1. The number of nitrogens with zero attached hydrogens (tertiary/aromatic N) is 1. The maximum atomic E-state index is 13.1. The molecule has 0 saturated carbocycles. The van der Waals surface area contributed by atoms with Crippen molar-refractivity contribution < 1.29 is 21.6 Å². The first-order valence-electron chi connectivity index (χ1n) is 11.8. The molecule has 4 rings (SSSR count). The lowest BCUT2D eigenvalue weighted by molar-refractivity contribution is 0.0720. The van der Waals surface area contributed by atoms with E-state index in [0.29, 0.717) is 29.2 Å². The number of benzene rings is 3. The molecule has 0 aliphatic carbocycles. The summed E-state index contributed by atoms with van der Waals surface area (Å²) in [6, 6.07) is 16.9. The first-order chi connectivity index (χ1) is 17.6. The zero-order valence-corrected chi connectivity index (χ0v) is 23.0. The van der Waals surface area contributed by atoms with Gasteiger partial charge in [-0.05, 0) is 87.0 Å². The number of hydrogen-bond donors (Lipinski definition) is 2. The lowest BCUT2D eigenvalue weighted by Gasteiger charge is -2.27. The van der Waals surface area contributed by atoms with Crippen LogP contribution in [0.15, 0.2) is 81.4 Å². The molecule has 1 saturated heterocycles. The summed E-state index contributed by atoms with van der Waals surface area (Å²) in [6.07, 6.45) is 4.80. The van der Waals surface area contributed by atoms with Gasteiger partial charge in [-0.15, -0.1) is 11.8 Å². The van der Waals surface area contributed by atoms with Crippen LogP contribution in [0.4, 0.5) is 11.4 Å². The molecule has 1 heterocycles. The Morgan fingerprint density at radius 3 is 1.84 bits per heavy atom. The second-order valence-corrected chi connectivity index (χ2v) is 13.0. The predicted molar refractivity (Wildman–Crippen MR) is 147 cm³/mol. The van der Waals surface area contributed by atoms with Gasteiger partial charge in [0.05, 0.1) is 15.4 Å². The predicted octanol–water partition coefficient (Wildman–Crippen LogP) is 4.94. The Morgan fingerprint density at radius 1 is 0.757 bits per heavy atom. The molecule has 0 atom stereocenters. The number of nitrogens with one attached hydrogen (secondary N) is 2. The third kappa shape index (κ3) is 6.46. The Hall–Kier alpha value is -3.02. The van der Waals surface area contributed by atoms with E-state index < -0.39 is 20.0 Å². The molecule has 11 heteroatoms. The van der Waals surface area contributed by atoms with Crippen LogP contribution >= 0.6 is 11.8 Å². The number of likely N-dealkylation sites (tertiary alicyclic amines) is 1. The molecule has 0 aromatic heterocycles. The summed E-state index contributed by atoms with van der Waals surface area (Å²) >= 11 is 1.39. The highest BCUT2D eigenvalue weighted by Gasteiger charge is 2.24. The minimum absolute atomic E-state index is 0.00485. The molecular formula is C26H29N3O5S3. The highest BCUT2D eigenvalue weighted by atomic mass is 32.2. The van der Waals surface area contributed by atoms with E-state index in [-0.39, 0.29) is 21.4 Å². The highest BCUT2D eigenvalue weighted by molar-refractivity contribution is 7.98. The molecule has 0 spiro atoms. The van der Waals surface area contributed by atoms with E-state index in [1.165, 1.54) is 48.2 Å². The van der Waals surface area contributed by atoms with Gasteiger partial charge in [0.2, 0.25) is 0 Å². The van der Waals surface area contributed by atoms with E-state index in [4.69, 9.17) is 0 Å². The molecule has 3 aromatic rings. The molecule has 196 valence electrons. The zero-order chi connectivity index (χ0) is 26.6. The largest absolute Gasteiger partial charge is 0.339 e. The molecule has 1 aliphatic rings. The number of thioether (sulfide) groups is 1. The third-order valence-corrected chi connectivity index (χ3v) is 9.65. The van der Waals surface area contributed by atoms with Gasteiger partial charge in [-0.2, -0.15) is 0 Å². The van der Waals surface area contributed by atoms with Crippen LogP contribution in [0.1, 0.15) is 35.2 Å². The van der Waals surface area contributed by atoms with E-state index in [0.717, 1.165) is 24.8 Å². The highest BCUT2D eigenvalue weighted by Crippen LogP contribution is 2.28. The zero-order valence-electron chi connectivity index (χ0n) is 20.6.